The Morgan fingerprint density at radius 2 is 2.46 bits per heavy atom. The molecule has 3 heterocycles. The summed E-state index contributed by atoms with van der Waals surface area (Å²) in [5.74, 6) is 0.551. The second kappa shape index (κ2) is 7.94. The molecule has 1 amide bonds. The van der Waals surface area contributed by atoms with E-state index in [2.05, 4.69) is 44.0 Å². The molecule has 2 aromatic heterocycles. The number of amides is 1. The molecule has 1 fully saturated rings. The van der Waals surface area contributed by atoms with E-state index in [1.54, 1.807) is 11.3 Å². The Morgan fingerprint density at radius 3 is 3.17 bits per heavy atom. The van der Waals surface area contributed by atoms with Gasteiger partial charge in [0, 0.05) is 29.6 Å². The predicted molar refractivity (Wildman–Crippen MR) is 97.4 cm³/mol. The van der Waals surface area contributed by atoms with E-state index in [4.69, 9.17) is 0 Å². The standard InChI is InChI=1S/C18H26N4OS/c1-13-11-17(21-20-13)15-5-3-9-22(12-15)14(2)18(23)19-8-7-16-6-4-10-24-16/h4,6,10-11,14-15H,3,5,7-9,12H2,1-2H3,(H,19,23)(H,20,21)/t14-,15+/m0/s1. The molecule has 2 atom stereocenters. The van der Waals surface area contributed by atoms with E-state index in [1.165, 1.54) is 4.88 Å². The van der Waals surface area contributed by atoms with Crippen LogP contribution in [0.4, 0.5) is 0 Å². The van der Waals surface area contributed by atoms with Crippen molar-refractivity contribution in [1.82, 2.24) is 20.4 Å². The van der Waals surface area contributed by atoms with Crippen LogP contribution < -0.4 is 5.32 Å². The number of piperidine rings is 1. The van der Waals surface area contributed by atoms with Crippen LogP contribution in [0.15, 0.2) is 23.6 Å². The highest BCUT2D eigenvalue weighted by atomic mass is 32.1. The molecule has 0 aliphatic carbocycles. The number of aryl methyl sites for hydroxylation is 1. The van der Waals surface area contributed by atoms with E-state index in [-0.39, 0.29) is 11.9 Å². The third-order valence-electron chi connectivity index (χ3n) is 4.77. The molecule has 1 aliphatic rings. The molecular weight excluding hydrogens is 320 g/mol. The number of rotatable bonds is 6. The van der Waals surface area contributed by atoms with Gasteiger partial charge in [0.05, 0.1) is 11.7 Å². The van der Waals surface area contributed by atoms with Crippen molar-refractivity contribution in [2.45, 2.75) is 45.1 Å². The number of hydrogen-bond donors (Lipinski definition) is 2. The van der Waals surface area contributed by atoms with Crippen molar-refractivity contribution < 1.29 is 4.79 Å². The summed E-state index contributed by atoms with van der Waals surface area (Å²) >= 11 is 1.74. The lowest BCUT2D eigenvalue weighted by molar-refractivity contribution is -0.126. The van der Waals surface area contributed by atoms with Crippen LogP contribution in [0.5, 0.6) is 0 Å². The van der Waals surface area contributed by atoms with Crippen molar-refractivity contribution >= 4 is 17.2 Å². The minimum absolute atomic E-state index is 0.0869. The van der Waals surface area contributed by atoms with Gasteiger partial charge in [-0.1, -0.05) is 6.07 Å². The molecule has 130 valence electrons. The van der Waals surface area contributed by atoms with E-state index in [1.807, 2.05) is 13.8 Å². The molecular formula is C18H26N4OS. The molecule has 2 N–H and O–H groups in total. The fraction of sp³-hybridized carbons (Fsp3) is 0.556. The highest BCUT2D eigenvalue weighted by molar-refractivity contribution is 7.09. The fourth-order valence-electron chi connectivity index (χ4n) is 3.33. The quantitative estimate of drug-likeness (QED) is 0.845. The van der Waals surface area contributed by atoms with Gasteiger partial charge in [-0.2, -0.15) is 5.10 Å². The molecule has 0 unspecified atom stereocenters. The van der Waals surface area contributed by atoms with E-state index in [9.17, 15) is 4.79 Å². The Balaban J connectivity index is 1.49. The average Bonchev–Trinajstić information content (AvgIpc) is 3.26. The van der Waals surface area contributed by atoms with E-state index in [0.717, 1.165) is 43.7 Å². The van der Waals surface area contributed by atoms with Crippen molar-refractivity contribution in [3.63, 3.8) is 0 Å². The second-order valence-electron chi connectivity index (χ2n) is 6.61. The molecule has 3 rings (SSSR count). The van der Waals surface area contributed by atoms with Crippen LogP contribution in [0.25, 0.3) is 0 Å². The molecule has 5 nitrogen and oxygen atoms in total. The molecule has 0 saturated carbocycles. The third kappa shape index (κ3) is 4.24. The van der Waals surface area contributed by atoms with Crippen molar-refractivity contribution in [2.75, 3.05) is 19.6 Å². The van der Waals surface area contributed by atoms with Gasteiger partial charge in [0.25, 0.3) is 0 Å². The van der Waals surface area contributed by atoms with Crippen molar-refractivity contribution in [3.05, 3.63) is 39.8 Å². The maximum atomic E-state index is 12.4. The number of H-pyrrole nitrogens is 1. The van der Waals surface area contributed by atoms with E-state index >= 15 is 0 Å². The monoisotopic (exact) mass is 346 g/mol. The number of thiophene rings is 1. The smallest absolute Gasteiger partial charge is 0.237 e. The Bertz CT molecular complexity index is 652. The minimum Gasteiger partial charge on any atom is -0.354 e. The molecule has 2 aromatic rings. The maximum Gasteiger partial charge on any atom is 0.237 e. The van der Waals surface area contributed by atoms with E-state index < -0.39 is 0 Å². The summed E-state index contributed by atoms with van der Waals surface area (Å²) in [4.78, 5) is 16.1. The number of nitrogens with one attached hydrogen (secondary N) is 2. The largest absolute Gasteiger partial charge is 0.354 e. The fourth-order valence-corrected chi connectivity index (χ4v) is 4.03. The van der Waals surface area contributed by atoms with Crippen molar-refractivity contribution in [2.24, 2.45) is 0 Å². The van der Waals surface area contributed by atoms with Gasteiger partial charge < -0.3 is 5.32 Å². The second-order valence-corrected chi connectivity index (χ2v) is 7.64. The summed E-state index contributed by atoms with van der Waals surface area (Å²) in [6.45, 7) is 6.64. The SMILES string of the molecule is Cc1cc([C@@H]2CCCN([C@@H](C)C(=O)NCCc3cccs3)C2)n[nH]1. The van der Waals surface area contributed by atoms with Crippen LogP contribution >= 0.6 is 11.3 Å². The molecule has 0 spiro atoms. The van der Waals surface area contributed by atoms with Crippen LogP contribution in [0.2, 0.25) is 0 Å². The van der Waals surface area contributed by atoms with Crippen LogP contribution in [0, 0.1) is 6.92 Å². The summed E-state index contributed by atoms with van der Waals surface area (Å²) in [6, 6.07) is 6.20. The van der Waals surface area contributed by atoms with Gasteiger partial charge >= 0.3 is 0 Å². The van der Waals surface area contributed by atoms with Gasteiger partial charge in [-0.05, 0) is 57.2 Å². The van der Waals surface area contributed by atoms with Gasteiger partial charge in [-0.15, -0.1) is 11.3 Å². The topological polar surface area (TPSA) is 61.0 Å². The normalized spacial score (nSPS) is 20.0. The molecule has 0 radical (unpaired) electrons. The first-order valence-corrected chi connectivity index (χ1v) is 9.57. The minimum atomic E-state index is -0.0869. The number of hydrogen-bond acceptors (Lipinski definition) is 4. The highest BCUT2D eigenvalue weighted by Crippen LogP contribution is 2.27. The van der Waals surface area contributed by atoms with Crippen LogP contribution in [0.1, 0.15) is 41.9 Å². The van der Waals surface area contributed by atoms with Crippen LogP contribution in [0.3, 0.4) is 0 Å². The first kappa shape index (κ1) is 17.2. The lowest BCUT2D eigenvalue weighted by Crippen LogP contribution is -2.49. The Kier molecular flexibility index (Phi) is 5.68. The zero-order chi connectivity index (χ0) is 16.9. The zero-order valence-electron chi connectivity index (χ0n) is 14.4. The predicted octanol–water partition coefficient (Wildman–Crippen LogP) is 2.71. The number of aromatic amines is 1. The first-order valence-electron chi connectivity index (χ1n) is 8.69. The molecule has 1 aliphatic heterocycles. The molecule has 6 heteroatoms. The summed E-state index contributed by atoms with van der Waals surface area (Å²) < 4.78 is 0. The summed E-state index contributed by atoms with van der Waals surface area (Å²) in [6.07, 6.45) is 3.17. The highest BCUT2D eigenvalue weighted by Gasteiger charge is 2.28. The molecule has 24 heavy (non-hydrogen) atoms. The number of carbonyl (C=O) groups is 1. The molecule has 1 saturated heterocycles. The average molecular weight is 347 g/mol. The van der Waals surface area contributed by atoms with Gasteiger partial charge in [0.2, 0.25) is 5.91 Å². The van der Waals surface area contributed by atoms with Gasteiger partial charge in [0.15, 0.2) is 0 Å². The third-order valence-corrected chi connectivity index (χ3v) is 5.71. The Hall–Kier alpha value is -1.66. The van der Waals surface area contributed by atoms with Gasteiger partial charge in [-0.25, -0.2) is 0 Å². The number of likely N-dealkylation sites (tertiary alicyclic amines) is 1. The van der Waals surface area contributed by atoms with Crippen molar-refractivity contribution in [1.29, 1.82) is 0 Å². The van der Waals surface area contributed by atoms with Gasteiger partial charge in [-0.3, -0.25) is 14.8 Å². The number of nitrogens with zero attached hydrogens (tertiary/aromatic N) is 2. The zero-order valence-corrected chi connectivity index (χ0v) is 15.2. The summed E-state index contributed by atoms with van der Waals surface area (Å²) in [5, 5.41) is 12.6. The first-order chi connectivity index (χ1) is 11.6. The van der Waals surface area contributed by atoms with Crippen LogP contribution in [-0.2, 0) is 11.2 Å². The molecule has 0 bridgehead atoms. The lowest BCUT2D eigenvalue weighted by Gasteiger charge is -2.35. The maximum absolute atomic E-state index is 12.4. The lowest BCUT2D eigenvalue weighted by atomic mass is 9.93. The van der Waals surface area contributed by atoms with Gasteiger partial charge in [0.1, 0.15) is 0 Å². The summed E-state index contributed by atoms with van der Waals surface area (Å²) in [7, 11) is 0. The van der Waals surface area contributed by atoms with E-state index in [0.29, 0.717) is 12.5 Å². The Morgan fingerprint density at radius 1 is 1.58 bits per heavy atom. The van der Waals surface area contributed by atoms with Crippen LogP contribution in [-0.4, -0.2) is 46.7 Å². The summed E-state index contributed by atoms with van der Waals surface area (Å²) in [5.41, 5.74) is 2.23. The Labute approximate surface area is 147 Å². The molecule has 0 aromatic carbocycles. The number of aromatic nitrogens is 2. The van der Waals surface area contributed by atoms with Crippen molar-refractivity contribution in [3.8, 4) is 0 Å². The number of carbonyl (C=O) groups excluding carboxylic acids is 1.